The van der Waals surface area contributed by atoms with Crippen molar-refractivity contribution in [2.24, 2.45) is 0 Å². The van der Waals surface area contributed by atoms with Gasteiger partial charge in [0.1, 0.15) is 0 Å². The van der Waals surface area contributed by atoms with Gasteiger partial charge in [-0.2, -0.15) is 0 Å². The second-order valence-electron chi connectivity index (χ2n) is 4.77. The Morgan fingerprint density at radius 3 is 2.89 bits per heavy atom. The highest BCUT2D eigenvalue weighted by atomic mass is 35.5. The lowest BCUT2D eigenvalue weighted by Gasteiger charge is -2.25. The molecular weight excluding hydrogens is 264 g/mol. The molecule has 1 aliphatic rings. The molecule has 18 heavy (non-hydrogen) atoms. The third-order valence-corrected chi connectivity index (χ3v) is 4.96. The van der Waals surface area contributed by atoms with Crippen molar-refractivity contribution in [1.82, 2.24) is 10.3 Å². The third-order valence-electron chi connectivity index (χ3n) is 3.39. The molecule has 0 amide bonds. The Kier molecular flexibility index (Phi) is 5.80. The van der Waals surface area contributed by atoms with Crippen LogP contribution in [0.15, 0.2) is 23.4 Å². The first-order valence-electron chi connectivity index (χ1n) is 6.81. The van der Waals surface area contributed by atoms with E-state index in [0.29, 0.717) is 16.3 Å². The number of rotatable bonds is 4. The zero-order valence-electron chi connectivity index (χ0n) is 10.9. The van der Waals surface area contributed by atoms with Gasteiger partial charge in [-0.15, -0.1) is 11.8 Å². The van der Waals surface area contributed by atoms with E-state index in [0.717, 1.165) is 11.6 Å². The van der Waals surface area contributed by atoms with Crippen LogP contribution in [-0.4, -0.2) is 22.8 Å². The number of aromatic nitrogens is 1. The summed E-state index contributed by atoms with van der Waals surface area (Å²) >= 11 is 7.78. The summed E-state index contributed by atoms with van der Waals surface area (Å²) < 4.78 is 0. The van der Waals surface area contributed by atoms with Crippen molar-refractivity contribution < 1.29 is 0 Å². The zero-order chi connectivity index (χ0) is 12.8. The Morgan fingerprint density at radius 2 is 2.17 bits per heavy atom. The van der Waals surface area contributed by atoms with Crippen LogP contribution in [0, 0.1) is 0 Å². The topological polar surface area (TPSA) is 24.9 Å². The molecule has 4 heteroatoms. The normalized spacial score (nSPS) is 24.8. The van der Waals surface area contributed by atoms with E-state index in [4.69, 9.17) is 11.6 Å². The van der Waals surface area contributed by atoms with Crippen LogP contribution in [0.4, 0.5) is 0 Å². The summed E-state index contributed by atoms with van der Waals surface area (Å²) in [5.41, 5.74) is 0. The minimum Gasteiger partial charge on any atom is -0.313 e. The smallest absolute Gasteiger partial charge is 0.0964 e. The molecular formula is C14H21ClN2S. The van der Waals surface area contributed by atoms with Crippen LogP contribution in [0.3, 0.4) is 0 Å². The van der Waals surface area contributed by atoms with Crippen LogP contribution in [0.25, 0.3) is 0 Å². The van der Waals surface area contributed by atoms with Crippen molar-refractivity contribution in [1.29, 1.82) is 0 Å². The quantitative estimate of drug-likeness (QED) is 0.841. The zero-order valence-corrected chi connectivity index (χ0v) is 12.4. The predicted octanol–water partition coefficient (Wildman–Crippen LogP) is 4.14. The van der Waals surface area contributed by atoms with E-state index < -0.39 is 0 Å². The number of nitrogens with zero attached hydrogens (tertiary/aromatic N) is 1. The highest BCUT2D eigenvalue weighted by Gasteiger charge is 2.24. The van der Waals surface area contributed by atoms with Crippen LogP contribution < -0.4 is 5.32 Å². The first-order chi connectivity index (χ1) is 8.79. The fourth-order valence-electron chi connectivity index (χ4n) is 2.50. The lowest BCUT2D eigenvalue weighted by molar-refractivity contribution is 0.482. The summed E-state index contributed by atoms with van der Waals surface area (Å²) in [6.45, 7) is 3.24. The summed E-state index contributed by atoms with van der Waals surface area (Å²) in [7, 11) is 0. The molecule has 0 aliphatic heterocycles. The maximum atomic E-state index is 5.87. The molecule has 1 saturated carbocycles. The Morgan fingerprint density at radius 1 is 1.33 bits per heavy atom. The first kappa shape index (κ1) is 14.2. The molecule has 0 bridgehead atoms. The van der Waals surface area contributed by atoms with Crippen molar-refractivity contribution in [3.8, 4) is 0 Å². The van der Waals surface area contributed by atoms with Gasteiger partial charge in [0.05, 0.1) is 10.0 Å². The number of hydrogen-bond donors (Lipinski definition) is 1. The fourth-order valence-corrected chi connectivity index (χ4v) is 3.86. The molecule has 1 aromatic heterocycles. The number of pyridine rings is 1. The maximum Gasteiger partial charge on any atom is 0.0964 e. The third kappa shape index (κ3) is 4.15. The van der Waals surface area contributed by atoms with Gasteiger partial charge in [0.15, 0.2) is 0 Å². The van der Waals surface area contributed by atoms with Crippen LogP contribution in [0.2, 0.25) is 5.02 Å². The van der Waals surface area contributed by atoms with Crippen molar-refractivity contribution in [3.63, 3.8) is 0 Å². The summed E-state index contributed by atoms with van der Waals surface area (Å²) in [5, 5.41) is 6.07. The largest absolute Gasteiger partial charge is 0.313 e. The highest BCUT2D eigenvalue weighted by Crippen LogP contribution is 2.32. The lowest BCUT2D eigenvalue weighted by atomic mass is 10.1. The standard InChI is InChI=1S/C14H21ClN2S/c1-2-16-12-6-4-3-5-7-13(12)18-14-9-8-11(15)10-17-14/h8-10,12-13,16H,2-7H2,1H3. The average Bonchev–Trinajstić information content (AvgIpc) is 2.59. The monoisotopic (exact) mass is 284 g/mol. The van der Waals surface area contributed by atoms with Crippen LogP contribution in [0.5, 0.6) is 0 Å². The van der Waals surface area contributed by atoms with Gasteiger partial charge in [-0.3, -0.25) is 0 Å². The first-order valence-corrected chi connectivity index (χ1v) is 8.07. The molecule has 1 fully saturated rings. The van der Waals surface area contributed by atoms with Crippen molar-refractivity contribution in [3.05, 3.63) is 23.4 Å². The van der Waals surface area contributed by atoms with Gasteiger partial charge in [-0.25, -0.2) is 4.98 Å². The molecule has 0 spiro atoms. The lowest BCUT2D eigenvalue weighted by Crippen LogP contribution is -2.37. The minimum absolute atomic E-state index is 0.625. The molecule has 100 valence electrons. The molecule has 2 nitrogen and oxygen atoms in total. The molecule has 1 heterocycles. The van der Waals surface area contributed by atoms with Crippen LogP contribution >= 0.6 is 23.4 Å². The molecule has 0 aromatic carbocycles. The Bertz CT molecular complexity index is 355. The highest BCUT2D eigenvalue weighted by molar-refractivity contribution is 7.99. The second-order valence-corrected chi connectivity index (χ2v) is 6.47. The predicted molar refractivity (Wildman–Crippen MR) is 79.4 cm³/mol. The van der Waals surface area contributed by atoms with E-state index >= 15 is 0 Å². The van der Waals surface area contributed by atoms with Gasteiger partial charge in [0, 0.05) is 17.5 Å². The van der Waals surface area contributed by atoms with Crippen molar-refractivity contribution in [2.45, 2.75) is 55.3 Å². The molecule has 1 N–H and O–H groups in total. The Hall–Kier alpha value is -0.250. The van der Waals surface area contributed by atoms with E-state index in [-0.39, 0.29) is 0 Å². The molecule has 0 saturated heterocycles. The number of hydrogen-bond acceptors (Lipinski definition) is 3. The number of nitrogens with one attached hydrogen (secondary N) is 1. The Balaban J connectivity index is 2.01. The minimum atomic E-state index is 0.625. The molecule has 1 aromatic rings. The van der Waals surface area contributed by atoms with Gasteiger partial charge in [-0.1, -0.05) is 37.8 Å². The summed E-state index contributed by atoms with van der Waals surface area (Å²) in [5.74, 6) is 0. The molecule has 1 aliphatic carbocycles. The summed E-state index contributed by atoms with van der Waals surface area (Å²) in [4.78, 5) is 4.40. The molecule has 0 radical (unpaired) electrons. The van der Waals surface area contributed by atoms with Gasteiger partial charge >= 0.3 is 0 Å². The van der Waals surface area contributed by atoms with E-state index in [2.05, 4.69) is 17.2 Å². The Labute approximate surface area is 119 Å². The average molecular weight is 285 g/mol. The van der Waals surface area contributed by atoms with Crippen molar-refractivity contribution in [2.75, 3.05) is 6.54 Å². The SMILES string of the molecule is CCNC1CCCCCC1Sc1ccc(Cl)cn1. The second kappa shape index (κ2) is 7.37. The van der Waals surface area contributed by atoms with Gasteiger partial charge in [0.2, 0.25) is 0 Å². The van der Waals surface area contributed by atoms with E-state index in [1.165, 1.54) is 32.1 Å². The van der Waals surface area contributed by atoms with Crippen molar-refractivity contribution >= 4 is 23.4 Å². The van der Waals surface area contributed by atoms with Gasteiger partial charge in [-0.05, 0) is 31.5 Å². The van der Waals surface area contributed by atoms with E-state index in [1.807, 2.05) is 23.9 Å². The molecule has 2 rings (SSSR count). The van der Waals surface area contributed by atoms with Crippen LogP contribution in [0.1, 0.15) is 39.0 Å². The maximum absolute atomic E-state index is 5.87. The number of thioether (sulfide) groups is 1. The van der Waals surface area contributed by atoms with E-state index in [9.17, 15) is 0 Å². The fraction of sp³-hybridized carbons (Fsp3) is 0.643. The molecule has 2 unspecified atom stereocenters. The van der Waals surface area contributed by atoms with Gasteiger partial charge in [0.25, 0.3) is 0 Å². The summed E-state index contributed by atoms with van der Waals surface area (Å²) in [6.07, 6.45) is 8.37. The summed E-state index contributed by atoms with van der Waals surface area (Å²) in [6, 6.07) is 4.58. The molecule has 2 atom stereocenters. The van der Waals surface area contributed by atoms with Gasteiger partial charge < -0.3 is 5.32 Å². The number of halogens is 1. The van der Waals surface area contributed by atoms with Crippen LogP contribution in [-0.2, 0) is 0 Å². The van der Waals surface area contributed by atoms with E-state index in [1.54, 1.807) is 6.20 Å².